The summed E-state index contributed by atoms with van der Waals surface area (Å²) in [6.45, 7) is 1.29. The number of fused-ring (bicyclic) bond motifs is 1. The molecule has 0 fully saturated rings. The first kappa shape index (κ1) is 13.8. The van der Waals surface area contributed by atoms with Crippen molar-refractivity contribution in [3.8, 4) is 0 Å². The van der Waals surface area contributed by atoms with E-state index in [-0.39, 0.29) is 5.91 Å². The highest BCUT2D eigenvalue weighted by atomic mass is 32.1. The van der Waals surface area contributed by atoms with Crippen LogP contribution in [0.3, 0.4) is 0 Å². The summed E-state index contributed by atoms with van der Waals surface area (Å²) in [6.07, 6.45) is 4.23. The normalized spacial score (nSPS) is 10.8. The van der Waals surface area contributed by atoms with Crippen LogP contribution in [0.5, 0.6) is 0 Å². The third-order valence-electron chi connectivity index (χ3n) is 2.91. The number of aromatic nitrogens is 1. The largest absolute Gasteiger partial charge is 0.397 e. The number of ether oxygens (including phenoxy) is 1. The van der Waals surface area contributed by atoms with E-state index in [2.05, 4.69) is 4.98 Å². The summed E-state index contributed by atoms with van der Waals surface area (Å²) in [4.78, 5) is 18.6. The van der Waals surface area contributed by atoms with Gasteiger partial charge in [0, 0.05) is 45.1 Å². The molecule has 0 aromatic carbocycles. The van der Waals surface area contributed by atoms with E-state index < -0.39 is 0 Å². The minimum Gasteiger partial charge on any atom is -0.397 e. The zero-order valence-corrected chi connectivity index (χ0v) is 11.9. The molecule has 0 aliphatic carbocycles. The highest BCUT2D eigenvalue weighted by molar-refractivity contribution is 7.21. The molecule has 2 rings (SSSR count). The number of carbonyl (C=O) groups is 1. The minimum atomic E-state index is -0.0465. The molecule has 0 atom stereocenters. The highest BCUT2D eigenvalue weighted by Crippen LogP contribution is 2.33. The van der Waals surface area contributed by atoms with Crippen molar-refractivity contribution in [1.29, 1.82) is 0 Å². The molecule has 0 saturated heterocycles. The third kappa shape index (κ3) is 2.85. The summed E-state index contributed by atoms with van der Waals surface area (Å²) in [6, 6.07) is 1.84. The van der Waals surface area contributed by atoms with E-state index in [0.29, 0.717) is 23.7 Å². The number of anilines is 1. The van der Waals surface area contributed by atoms with Crippen molar-refractivity contribution in [2.45, 2.75) is 6.42 Å². The van der Waals surface area contributed by atoms with Gasteiger partial charge in [-0.2, -0.15) is 0 Å². The first-order valence-electron chi connectivity index (χ1n) is 6.01. The molecule has 0 aliphatic heterocycles. The van der Waals surface area contributed by atoms with Crippen molar-refractivity contribution in [1.82, 2.24) is 9.88 Å². The fourth-order valence-electron chi connectivity index (χ4n) is 1.85. The molecule has 0 saturated carbocycles. The molecule has 0 spiro atoms. The van der Waals surface area contributed by atoms with Crippen molar-refractivity contribution in [3.63, 3.8) is 0 Å². The fraction of sp³-hybridized carbons (Fsp3) is 0.385. The number of nitrogens with zero attached hydrogens (tertiary/aromatic N) is 2. The van der Waals surface area contributed by atoms with E-state index in [1.165, 1.54) is 11.3 Å². The summed E-state index contributed by atoms with van der Waals surface area (Å²) >= 11 is 1.39. The van der Waals surface area contributed by atoms with E-state index in [1.807, 2.05) is 6.07 Å². The van der Waals surface area contributed by atoms with Crippen LogP contribution in [0, 0.1) is 0 Å². The highest BCUT2D eigenvalue weighted by Gasteiger charge is 2.19. The number of thiophene rings is 1. The Kier molecular flexibility index (Phi) is 4.34. The Morgan fingerprint density at radius 3 is 3.05 bits per heavy atom. The van der Waals surface area contributed by atoms with Crippen molar-refractivity contribution < 1.29 is 9.53 Å². The summed E-state index contributed by atoms with van der Waals surface area (Å²) < 4.78 is 5.92. The predicted octanol–water partition coefficient (Wildman–Crippen LogP) is 1.99. The molecule has 6 heteroatoms. The molecule has 19 heavy (non-hydrogen) atoms. The lowest BCUT2D eigenvalue weighted by Gasteiger charge is -2.16. The van der Waals surface area contributed by atoms with Crippen LogP contribution < -0.4 is 5.73 Å². The van der Waals surface area contributed by atoms with Gasteiger partial charge in [0.1, 0.15) is 4.88 Å². The van der Waals surface area contributed by atoms with Crippen molar-refractivity contribution in [2.75, 3.05) is 33.0 Å². The van der Waals surface area contributed by atoms with Crippen LogP contribution in [-0.4, -0.2) is 43.1 Å². The lowest BCUT2D eigenvalue weighted by Crippen LogP contribution is -2.28. The molecule has 1 amide bonds. The molecular formula is C13H17N3O2S. The van der Waals surface area contributed by atoms with Gasteiger partial charge >= 0.3 is 0 Å². The van der Waals surface area contributed by atoms with Gasteiger partial charge in [0.25, 0.3) is 5.91 Å². The predicted molar refractivity (Wildman–Crippen MR) is 77.5 cm³/mol. The number of amides is 1. The van der Waals surface area contributed by atoms with Crippen LogP contribution >= 0.6 is 11.3 Å². The second-order valence-electron chi connectivity index (χ2n) is 4.29. The maximum Gasteiger partial charge on any atom is 0.265 e. The lowest BCUT2D eigenvalue weighted by molar-refractivity contribution is 0.0785. The van der Waals surface area contributed by atoms with Gasteiger partial charge < -0.3 is 15.4 Å². The number of hydrogen-bond acceptors (Lipinski definition) is 5. The van der Waals surface area contributed by atoms with Gasteiger partial charge in [0.2, 0.25) is 0 Å². The van der Waals surface area contributed by atoms with Crippen molar-refractivity contribution >= 4 is 33.0 Å². The second-order valence-corrected chi connectivity index (χ2v) is 5.34. The number of nitrogens with two attached hydrogens (primary N) is 1. The number of pyridine rings is 1. The van der Waals surface area contributed by atoms with Gasteiger partial charge in [-0.25, -0.2) is 0 Å². The zero-order chi connectivity index (χ0) is 13.8. The topological polar surface area (TPSA) is 68.5 Å². The molecule has 5 nitrogen and oxygen atoms in total. The monoisotopic (exact) mass is 279 g/mol. The molecular weight excluding hydrogens is 262 g/mol. The van der Waals surface area contributed by atoms with Crippen LogP contribution in [0.1, 0.15) is 16.1 Å². The van der Waals surface area contributed by atoms with Crippen molar-refractivity contribution in [3.05, 3.63) is 23.3 Å². The summed E-state index contributed by atoms with van der Waals surface area (Å²) in [5.74, 6) is -0.0465. The molecule has 2 aromatic heterocycles. The Balaban J connectivity index is 2.19. The lowest BCUT2D eigenvalue weighted by atomic mass is 10.2. The molecule has 0 radical (unpaired) electrons. The first-order valence-corrected chi connectivity index (χ1v) is 6.83. The van der Waals surface area contributed by atoms with Gasteiger partial charge in [-0.3, -0.25) is 9.78 Å². The van der Waals surface area contributed by atoms with Crippen molar-refractivity contribution in [2.24, 2.45) is 0 Å². The first-order chi connectivity index (χ1) is 9.15. The van der Waals surface area contributed by atoms with E-state index in [0.717, 1.165) is 16.5 Å². The van der Waals surface area contributed by atoms with Gasteiger partial charge in [-0.15, -0.1) is 11.3 Å². The molecule has 0 aliphatic rings. The SMILES string of the molecule is COCCCN(C)C(=O)c1sc2cnccc2c1N. The number of nitrogen functional groups attached to an aromatic ring is 1. The number of methoxy groups -OCH3 is 1. The molecule has 2 aromatic rings. The number of hydrogen-bond donors (Lipinski definition) is 1. The standard InChI is InChI=1S/C13H17N3O2S/c1-16(6-3-7-18-2)13(17)12-11(14)9-4-5-15-8-10(9)19-12/h4-5,8H,3,6-7,14H2,1-2H3. The Hall–Kier alpha value is -1.66. The fourth-order valence-corrected chi connectivity index (χ4v) is 2.94. The van der Waals surface area contributed by atoms with Crippen LogP contribution in [0.2, 0.25) is 0 Å². The van der Waals surface area contributed by atoms with Gasteiger partial charge in [-0.05, 0) is 12.5 Å². The van der Waals surface area contributed by atoms with Crippen LogP contribution in [0.25, 0.3) is 10.1 Å². The Morgan fingerprint density at radius 2 is 2.37 bits per heavy atom. The number of carbonyl (C=O) groups excluding carboxylic acids is 1. The maximum absolute atomic E-state index is 12.3. The zero-order valence-electron chi connectivity index (χ0n) is 11.0. The molecule has 2 N–H and O–H groups in total. The Labute approximate surface area is 116 Å². The van der Waals surface area contributed by atoms with Crippen LogP contribution in [0.15, 0.2) is 18.5 Å². The summed E-state index contributed by atoms with van der Waals surface area (Å²) in [5.41, 5.74) is 6.59. The maximum atomic E-state index is 12.3. The van der Waals surface area contributed by atoms with Crippen LogP contribution in [0.4, 0.5) is 5.69 Å². The molecule has 0 bridgehead atoms. The van der Waals surface area contributed by atoms with E-state index >= 15 is 0 Å². The van der Waals surface area contributed by atoms with Crippen LogP contribution in [-0.2, 0) is 4.74 Å². The Morgan fingerprint density at radius 1 is 1.58 bits per heavy atom. The summed E-state index contributed by atoms with van der Waals surface area (Å²) in [5, 5.41) is 0.897. The second kappa shape index (κ2) is 5.99. The summed E-state index contributed by atoms with van der Waals surface area (Å²) in [7, 11) is 3.43. The van der Waals surface area contributed by atoms with Gasteiger partial charge in [-0.1, -0.05) is 0 Å². The quantitative estimate of drug-likeness (QED) is 0.850. The smallest absolute Gasteiger partial charge is 0.265 e. The van der Waals surface area contributed by atoms with Gasteiger partial charge in [0.05, 0.1) is 10.4 Å². The van der Waals surface area contributed by atoms with E-state index in [4.69, 9.17) is 10.5 Å². The van der Waals surface area contributed by atoms with E-state index in [1.54, 1.807) is 31.5 Å². The molecule has 0 unspecified atom stereocenters. The third-order valence-corrected chi connectivity index (χ3v) is 4.06. The average Bonchev–Trinajstić information content (AvgIpc) is 2.76. The number of rotatable bonds is 5. The molecule has 102 valence electrons. The minimum absolute atomic E-state index is 0.0465. The molecule has 2 heterocycles. The Bertz CT molecular complexity index is 582. The van der Waals surface area contributed by atoms with Gasteiger partial charge in [0.15, 0.2) is 0 Å². The average molecular weight is 279 g/mol. The van der Waals surface area contributed by atoms with E-state index in [9.17, 15) is 4.79 Å².